The number of ether oxygens (including phenoxy) is 1. The molecular formula is C13H17N3O. The molecule has 0 spiro atoms. The molecule has 0 radical (unpaired) electrons. The van der Waals surface area contributed by atoms with Crippen molar-refractivity contribution >= 4 is 0 Å². The Morgan fingerprint density at radius 3 is 2.29 bits per heavy atom. The number of rotatable bonds is 2. The monoisotopic (exact) mass is 231 g/mol. The Kier molecular flexibility index (Phi) is 2.88. The summed E-state index contributed by atoms with van der Waals surface area (Å²) in [6, 6.07) is 5.99. The molecule has 0 bridgehead atoms. The molecule has 4 heteroatoms. The maximum atomic E-state index is 5.25. The third kappa shape index (κ3) is 2.30. The first-order valence-electron chi connectivity index (χ1n) is 5.57. The molecule has 0 N–H and O–H groups in total. The highest BCUT2D eigenvalue weighted by atomic mass is 16.5. The van der Waals surface area contributed by atoms with Crippen LogP contribution in [-0.2, 0) is 5.41 Å². The third-order valence-corrected chi connectivity index (χ3v) is 2.65. The second-order valence-electron chi connectivity index (χ2n) is 4.95. The molecule has 0 aliphatic heterocycles. The van der Waals surface area contributed by atoms with Crippen LogP contribution in [0, 0.1) is 0 Å². The maximum absolute atomic E-state index is 5.25. The zero-order valence-corrected chi connectivity index (χ0v) is 10.6. The average molecular weight is 231 g/mol. The fraction of sp³-hybridized carbons (Fsp3) is 0.385. The van der Waals surface area contributed by atoms with Crippen molar-refractivity contribution in [2.75, 3.05) is 7.11 Å². The van der Waals surface area contributed by atoms with Crippen LogP contribution in [0.5, 0.6) is 5.75 Å². The van der Waals surface area contributed by atoms with Gasteiger partial charge in [0.15, 0.2) is 0 Å². The zero-order chi connectivity index (χ0) is 12.5. The summed E-state index contributed by atoms with van der Waals surface area (Å²) in [6.45, 7) is 6.51. The summed E-state index contributed by atoms with van der Waals surface area (Å²) in [5.41, 5.74) is 2.19. The second kappa shape index (κ2) is 4.20. The fourth-order valence-electron chi connectivity index (χ4n) is 1.78. The second-order valence-corrected chi connectivity index (χ2v) is 4.95. The summed E-state index contributed by atoms with van der Waals surface area (Å²) < 4.78 is 5.25. The average Bonchev–Trinajstić information content (AvgIpc) is 2.80. The van der Waals surface area contributed by atoms with E-state index in [2.05, 4.69) is 37.0 Å². The van der Waals surface area contributed by atoms with Crippen LogP contribution in [0.25, 0.3) is 5.69 Å². The molecule has 1 aromatic carbocycles. The van der Waals surface area contributed by atoms with E-state index in [1.165, 1.54) is 5.56 Å². The van der Waals surface area contributed by atoms with Gasteiger partial charge in [0.2, 0.25) is 0 Å². The number of hydrogen-bond acceptors (Lipinski definition) is 3. The van der Waals surface area contributed by atoms with E-state index < -0.39 is 0 Å². The van der Waals surface area contributed by atoms with Gasteiger partial charge in [-0.2, -0.15) is 15.0 Å². The first-order valence-corrected chi connectivity index (χ1v) is 5.57. The molecule has 90 valence electrons. The normalized spacial score (nSPS) is 11.5. The number of hydrogen-bond donors (Lipinski definition) is 0. The van der Waals surface area contributed by atoms with Crippen LogP contribution in [0.15, 0.2) is 30.6 Å². The molecule has 1 aromatic heterocycles. The van der Waals surface area contributed by atoms with Gasteiger partial charge in [0, 0.05) is 6.07 Å². The number of aromatic nitrogens is 3. The van der Waals surface area contributed by atoms with E-state index >= 15 is 0 Å². The van der Waals surface area contributed by atoms with Crippen LogP contribution in [-0.4, -0.2) is 22.1 Å². The van der Waals surface area contributed by atoms with Crippen LogP contribution in [0.2, 0.25) is 0 Å². The van der Waals surface area contributed by atoms with E-state index in [0.717, 1.165) is 11.4 Å². The minimum absolute atomic E-state index is 0.0369. The minimum atomic E-state index is 0.0369. The van der Waals surface area contributed by atoms with Crippen molar-refractivity contribution in [1.82, 2.24) is 15.0 Å². The van der Waals surface area contributed by atoms with Crippen molar-refractivity contribution in [1.29, 1.82) is 0 Å². The molecule has 2 aromatic rings. The van der Waals surface area contributed by atoms with Crippen molar-refractivity contribution in [3.8, 4) is 11.4 Å². The fourth-order valence-corrected chi connectivity index (χ4v) is 1.78. The van der Waals surface area contributed by atoms with Gasteiger partial charge in [-0.3, -0.25) is 0 Å². The van der Waals surface area contributed by atoms with Crippen molar-refractivity contribution in [2.45, 2.75) is 26.2 Å². The number of methoxy groups -OCH3 is 1. The Hall–Kier alpha value is -1.84. The SMILES string of the molecule is COc1ccc(C(C)(C)C)c(-n2nccn2)c1. The van der Waals surface area contributed by atoms with Crippen LogP contribution >= 0.6 is 0 Å². The molecule has 0 fully saturated rings. The van der Waals surface area contributed by atoms with Gasteiger partial charge in [-0.25, -0.2) is 0 Å². The summed E-state index contributed by atoms with van der Waals surface area (Å²) in [5, 5.41) is 8.37. The zero-order valence-electron chi connectivity index (χ0n) is 10.6. The van der Waals surface area contributed by atoms with Crippen LogP contribution in [0.1, 0.15) is 26.3 Å². The molecule has 1 heterocycles. The highest BCUT2D eigenvalue weighted by molar-refractivity contribution is 5.48. The van der Waals surface area contributed by atoms with Gasteiger partial charge in [0.1, 0.15) is 5.75 Å². The smallest absolute Gasteiger partial charge is 0.121 e. The Balaban J connectivity index is 2.61. The predicted molar refractivity (Wildman–Crippen MR) is 66.6 cm³/mol. The molecule has 0 aliphatic carbocycles. The Morgan fingerprint density at radius 1 is 1.12 bits per heavy atom. The predicted octanol–water partition coefficient (Wildman–Crippen LogP) is 2.57. The van der Waals surface area contributed by atoms with E-state index in [-0.39, 0.29) is 5.41 Å². The van der Waals surface area contributed by atoms with Gasteiger partial charge < -0.3 is 4.74 Å². The van der Waals surface area contributed by atoms with Gasteiger partial charge in [-0.05, 0) is 17.0 Å². The lowest BCUT2D eigenvalue weighted by Gasteiger charge is -2.22. The summed E-state index contributed by atoms with van der Waals surface area (Å²) in [6.07, 6.45) is 3.35. The Bertz CT molecular complexity index is 498. The molecular weight excluding hydrogens is 214 g/mol. The minimum Gasteiger partial charge on any atom is -0.497 e. The first-order chi connectivity index (χ1) is 8.02. The van der Waals surface area contributed by atoms with Gasteiger partial charge in [0.05, 0.1) is 25.2 Å². The Morgan fingerprint density at radius 2 is 1.76 bits per heavy atom. The number of benzene rings is 1. The van der Waals surface area contributed by atoms with Crippen LogP contribution in [0.4, 0.5) is 0 Å². The lowest BCUT2D eigenvalue weighted by Crippen LogP contribution is -2.16. The van der Waals surface area contributed by atoms with Crippen molar-refractivity contribution in [3.63, 3.8) is 0 Å². The van der Waals surface area contributed by atoms with Crippen molar-refractivity contribution < 1.29 is 4.74 Å². The Labute approximate surface area is 101 Å². The molecule has 0 atom stereocenters. The van der Waals surface area contributed by atoms with Crippen LogP contribution < -0.4 is 4.74 Å². The molecule has 2 rings (SSSR count). The maximum Gasteiger partial charge on any atom is 0.121 e. The third-order valence-electron chi connectivity index (χ3n) is 2.65. The van der Waals surface area contributed by atoms with Gasteiger partial charge in [-0.1, -0.05) is 26.8 Å². The molecule has 0 aliphatic rings. The number of nitrogens with zero attached hydrogens (tertiary/aromatic N) is 3. The van der Waals surface area contributed by atoms with Gasteiger partial charge in [-0.15, -0.1) is 0 Å². The van der Waals surface area contributed by atoms with E-state index in [1.54, 1.807) is 24.3 Å². The lowest BCUT2D eigenvalue weighted by molar-refractivity contribution is 0.413. The molecule has 4 nitrogen and oxygen atoms in total. The quantitative estimate of drug-likeness (QED) is 0.797. The lowest BCUT2D eigenvalue weighted by atomic mass is 9.86. The summed E-state index contributed by atoms with van der Waals surface area (Å²) >= 11 is 0. The summed E-state index contributed by atoms with van der Waals surface area (Å²) in [7, 11) is 1.66. The molecule has 0 saturated heterocycles. The van der Waals surface area contributed by atoms with Crippen molar-refractivity contribution in [2.24, 2.45) is 0 Å². The molecule has 0 amide bonds. The van der Waals surface area contributed by atoms with Gasteiger partial charge >= 0.3 is 0 Å². The topological polar surface area (TPSA) is 39.9 Å². The summed E-state index contributed by atoms with van der Waals surface area (Å²) in [4.78, 5) is 1.63. The molecule has 0 unspecified atom stereocenters. The largest absolute Gasteiger partial charge is 0.497 e. The van der Waals surface area contributed by atoms with Crippen molar-refractivity contribution in [3.05, 3.63) is 36.2 Å². The molecule has 17 heavy (non-hydrogen) atoms. The van der Waals surface area contributed by atoms with Gasteiger partial charge in [0.25, 0.3) is 0 Å². The molecule has 0 saturated carbocycles. The van der Waals surface area contributed by atoms with E-state index in [1.807, 2.05) is 12.1 Å². The van der Waals surface area contributed by atoms with Crippen LogP contribution in [0.3, 0.4) is 0 Å². The van der Waals surface area contributed by atoms with E-state index in [9.17, 15) is 0 Å². The standard InChI is InChI=1S/C13H17N3O/c1-13(2,3)11-6-5-10(17-4)9-12(11)16-14-7-8-15-16/h5-9H,1-4H3. The highest BCUT2D eigenvalue weighted by Gasteiger charge is 2.20. The summed E-state index contributed by atoms with van der Waals surface area (Å²) in [5.74, 6) is 0.810. The van der Waals surface area contributed by atoms with E-state index in [0.29, 0.717) is 0 Å². The highest BCUT2D eigenvalue weighted by Crippen LogP contribution is 2.30. The van der Waals surface area contributed by atoms with E-state index in [4.69, 9.17) is 4.74 Å². The first kappa shape index (κ1) is 11.6.